The summed E-state index contributed by atoms with van der Waals surface area (Å²) in [6.07, 6.45) is 3.77. The van der Waals surface area contributed by atoms with E-state index in [1.165, 1.54) is 11.8 Å². The molecule has 1 atom stereocenters. The van der Waals surface area contributed by atoms with Gasteiger partial charge in [0.1, 0.15) is 23.1 Å². The molecule has 0 aliphatic carbocycles. The van der Waals surface area contributed by atoms with Crippen LogP contribution in [0.5, 0.6) is 5.88 Å². The molecule has 0 bridgehead atoms. The van der Waals surface area contributed by atoms with Gasteiger partial charge in [0.25, 0.3) is 5.56 Å². The van der Waals surface area contributed by atoms with Crippen LogP contribution in [0.3, 0.4) is 0 Å². The summed E-state index contributed by atoms with van der Waals surface area (Å²) in [4.78, 5) is 37.2. The van der Waals surface area contributed by atoms with Crippen molar-refractivity contribution >= 4 is 40.4 Å². The zero-order valence-electron chi connectivity index (χ0n) is 17.3. The van der Waals surface area contributed by atoms with Gasteiger partial charge in [0.2, 0.25) is 5.88 Å². The van der Waals surface area contributed by atoms with E-state index in [0.717, 1.165) is 12.8 Å². The number of piperidine rings is 1. The Morgan fingerprint density at radius 1 is 1.37 bits per heavy atom. The summed E-state index contributed by atoms with van der Waals surface area (Å²) < 4.78 is 25.7. The van der Waals surface area contributed by atoms with Crippen molar-refractivity contribution in [2.75, 3.05) is 19.4 Å². The van der Waals surface area contributed by atoms with Crippen LogP contribution in [0.2, 0.25) is 5.15 Å². The van der Waals surface area contributed by atoms with E-state index < -0.39 is 28.2 Å². The number of pyridine rings is 1. The second-order valence-electron chi connectivity index (χ2n) is 7.95. The van der Waals surface area contributed by atoms with Crippen molar-refractivity contribution in [1.29, 1.82) is 0 Å². The molecule has 0 aromatic carbocycles. The van der Waals surface area contributed by atoms with Gasteiger partial charge in [-0.1, -0.05) is 23.4 Å². The molecule has 2 aromatic heterocycles. The summed E-state index contributed by atoms with van der Waals surface area (Å²) in [5.41, 5.74) is -1.39. The summed E-state index contributed by atoms with van der Waals surface area (Å²) in [5.74, 6) is -0.999. The number of nitrogens with zero attached hydrogens (tertiary/aromatic N) is 3. The highest BCUT2D eigenvalue weighted by Gasteiger charge is 2.31. The third-order valence-corrected chi connectivity index (χ3v) is 5.39. The van der Waals surface area contributed by atoms with Crippen molar-refractivity contribution in [3.8, 4) is 5.88 Å². The monoisotopic (exact) mass is 458 g/mol. The number of ether oxygens (including phenoxy) is 2. The highest BCUT2D eigenvalue weighted by molar-refractivity contribution is 7.98. The predicted octanol–water partition coefficient (Wildman–Crippen LogP) is 4.00. The van der Waals surface area contributed by atoms with Crippen LogP contribution in [0.15, 0.2) is 9.95 Å². The molecule has 0 spiro atoms. The lowest BCUT2D eigenvalue weighted by atomic mass is 10.0. The van der Waals surface area contributed by atoms with E-state index in [-0.39, 0.29) is 34.6 Å². The van der Waals surface area contributed by atoms with Gasteiger partial charge in [-0.2, -0.15) is 4.98 Å². The van der Waals surface area contributed by atoms with Crippen LogP contribution in [0.4, 0.5) is 9.18 Å². The van der Waals surface area contributed by atoms with Crippen LogP contribution in [0.1, 0.15) is 40.0 Å². The Bertz CT molecular complexity index is 1010. The van der Waals surface area contributed by atoms with E-state index >= 15 is 0 Å². The Morgan fingerprint density at radius 2 is 2.10 bits per heavy atom. The highest BCUT2D eigenvalue weighted by Crippen LogP contribution is 2.28. The molecule has 2 aromatic rings. The molecular formula is C19H24ClFN4O4S. The maximum Gasteiger partial charge on any atom is 0.410 e. The maximum absolute atomic E-state index is 14.5. The second kappa shape index (κ2) is 8.97. The number of rotatable bonds is 4. The number of halogens is 2. The van der Waals surface area contributed by atoms with Crippen molar-refractivity contribution in [3.63, 3.8) is 0 Å². The van der Waals surface area contributed by atoms with Gasteiger partial charge in [0.05, 0.1) is 6.04 Å². The summed E-state index contributed by atoms with van der Waals surface area (Å²) in [6, 6.07) is -0.271. The first-order valence-corrected chi connectivity index (χ1v) is 11.2. The first-order chi connectivity index (χ1) is 14.1. The van der Waals surface area contributed by atoms with Crippen LogP contribution >= 0.6 is 23.4 Å². The van der Waals surface area contributed by atoms with E-state index in [1.807, 2.05) is 0 Å². The number of amides is 1. The molecule has 30 heavy (non-hydrogen) atoms. The normalized spacial score (nSPS) is 17.3. The summed E-state index contributed by atoms with van der Waals surface area (Å²) in [5, 5.41) is -0.298. The lowest BCUT2D eigenvalue weighted by Crippen LogP contribution is -2.48. The van der Waals surface area contributed by atoms with Crippen molar-refractivity contribution in [3.05, 3.63) is 21.3 Å². The van der Waals surface area contributed by atoms with Crippen molar-refractivity contribution in [2.45, 2.75) is 56.8 Å². The molecule has 1 saturated heterocycles. The summed E-state index contributed by atoms with van der Waals surface area (Å²) in [7, 11) is 0. The fourth-order valence-electron chi connectivity index (χ4n) is 3.21. The van der Waals surface area contributed by atoms with Crippen LogP contribution in [-0.4, -0.2) is 57.0 Å². The number of aromatic amines is 1. The molecule has 3 rings (SSSR count). The van der Waals surface area contributed by atoms with Gasteiger partial charge >= 0.3 is 6.09 Å². The zero-order chi connectivity index (χ0) is 22.1. The number of hydrogen-bond acceptors (Lipinski definition) is 7. The molecule has 1 aliphatic rings. The molecule has 1 N–H and O–H groups in total. The van der Waals surface area contributed by atoms with Crippen LogP contribution in [-0.2, 0) is 4.74 Å². The Hall–Kier alpha value is -2.07. The van der Waals surface area contributed by atoms with E-state index in [9.17, 15) is 14.0 Å². The molecular weight excluding hydrogens is 435 g/mol. The highest BCUT2D eigenvalue weighted by atomic mass is 35.5. The Balaban J connectivity index is 1.88. The van der Waals surface area contributed by atoms with E-state index in [2.05, 4.69) is 15.0 Å². The van der Waals surface area contributed by atoms with E-state index in [4.69, 9.17) is 21.1 Å². The predicted molar refractivity (Wildman–Crippen MR) is 113 cm³/mol. The van der Waals surface area contributed by atoms with Gasteiger partial charge in [-0.3, -0.25) is 4.79 Å². The van der Waals surface area contributed by atoms with Gasteiger partial charge in [-0.15, -0.1) is 0 Å². The first-order valence-electron chi connectivity index (χ1n) is 9.56. The Labute approximate surface area is 182 Å². The van der Waals surface area contributed by atoms with Crippen LogP contribution in [0.25, 0.3) is 10.9 Å². The van der Waals surface area contributed by atoms with Gasteiger partial charge in [-0.05, 0) is 46.3 Å². The number of carbonyl (C=O) groups is 1. The molecule has 8 nitrogen and oxygen atoms in total. The van der Waals surface area contributed by atoms with E-state index in [1.54, 1.807) is 31.9 Å². The third-order valence-electron chi connectivity index (χ3n) is 4.56. The van der Waals surface area contributed by atoms with Crippen molar-refractivity contribution in [2.24, 2.45) is 0 Å². The largest absolute Gasteiger partial charge is 0.475 e. The number of carbonyl (C=O) groups excluding carboxylic acids is 1. The van der Waals surface area contributed by atoms with Crippen molar-refractivity contribution in [1.82, 2.24) is 19.9 Å². The molecule has 1 fully saturated rings. The molecule has 1 aliphatic heterocycles. The molecule has 3 heterocycles. The van der Waals surface area contributed by atoms with Gasteiger partial charge in [0, 0.05) is 6.54 Å². The summed E-state index contributed by atoms with van der Waals surface area (Å²) >= 11 is 7.07. The smallest absolute Gasteiger partial charge is 0.410 e. The number of likely N-dealkylation sites (tertiary alicyclic amines) is 1. The minimum atomic E-state index is -0.881. The summed E-state index contributed by atoms with van der Waals surface area (Å²) in [6.45, 7) is 6.02. The average Bonchev–Trinajstić information content (AvgIpc) is 2.68. The van der Waals surface area contributed by atoms with Crippen LogP contribution < -0.4 is 10.3 Å². The number of fused-ring (bicyclic) bond motifs is 1. The second-order valence-corrected chi connectivity index (χ2v) is 9.11. The lowest BCUT2D eigenvalue weighted by Gasteiger charge is -2.36. The standard InChI is InChI=1S/C19H24ClFN4O4S/c1-19(2,3)29-18(27)25-8-6-5-7-10(25)9-28-16-11-13(12(21)14(20)23-16)22-17(30-4)24-15(11)26/h10H,5-9H2,1-4H3,(H,22,24,26). The minimum Gasteiger partial charge on any atom is -0.475 e. The average molecular weight is 459 g/mol. The molecule has 1 amide bonds. The minimum absolute atomic E-state index is 0.0625. The number of nitrogens with one attached hydrogen (secondary N) is 1. The topological polar surface area (TPSA) is 97.4 Å². The maximum atomic E-state index is 14.5. The van der Waals surface area contributed by atoms with Gasteiger partial charge < -0.3 is 19.4 Å². The molecule has 164 valence electrons. The molecule has 0 saturated carbocycles. The molecule has 1 unspecified atom stereocenters. The fraction of sp³-hybridized carbons (Fsp3) is 0.579. The van der Waals surface area contributed by atoms with Gasteiger partial charge in [-0.25, -0.2) is 14.2 Å². The molecule has 0 radical (unpaired) electrons. The number of H-pyrrole nitrogens is 1. The zero-order valence-corrected chi connectivity index (χ0v) is 18.8. The number of aromatic nitrogens is 3. The van der Waals surface area contributed by atoms with Crippen molar-refractivity contribution < 1.29 is 18.7 Å². The molecule has 11 heteroatoms. The fourth-order valence-corrected chi connectivity index (χ4v) is 3.76. The number of thioether (sulfide) groups is 1. The van der Waals surface area contributed by atoms with E-state index in [0.29, 0.717) is 13.0 Å². The Morgan fingerprint density at radius 3 is 2.77 bits per heavy atom. The lowest BCUT2D eigenvalue weighted by molar-refractivity contribution is 0.00344. The first kappa shape index (κ1) is 22.6. The third kappa shape index (κ3) is 4.97. The van der Waals surface area contributed by atoms with Crippen LogP contribution in [0, 0.1) is 5.82 Å². The Kier molecular flexibility index (Phi) is 6.76. The quantitative estimate of drug-likeness (QED) is 0.420. The van der Waals surface area contributed by atoms with Gasteiger partial charge in [0.15, 0.2) is 16.1 Å². The number of hydrogen-bond donors (Lipinski definition) is 1. The SMILES string of the molecule is CSc1nc2c(F)c(Cl)nc(OCC3CCCCN3C(=O)OC(C)(C)C)c2c(=O)[nH]1.